The standard InChI is InChI=1S/C13H22N4OS.ClH/c1-11-9-16(3-2-14-11)10-12-8-15-13(19-12)17-4-6-18-7-5-17;/h8,11,14H,2-7,9-10H2,1H3;1H. The Labute approximate surface area is 130 Å². The van der Waals surface area contributed by atoms with E-state index in [0.29, 0.717) is 6.04 Å². The third-order valence-electron chi connectivity index (χ3n) is 3.66. The highest BCUT2D eigenvalue weighted by atomic mass is 35.5. The molecule has 0 bridgehead atoms. The number of anilines is 1. The summed E-state index contributed by atoms with van der Waals surface area (Å²) in [6, 6.07) is 0.598. The Morgan fingerprint density at radius 1 is 1.40 bits per heavy atom. The van der Waals surface area contributed by atoms with E-state index in [1.807, 2.05) is 17.5 Å². The van der Waals surface area contributed by atoms with Gasteiger partial charge in [-0.05, 0) is 6.92 Å². The number of hydrogen-bond donors (Lipinski definition) is 1. The van der Waals surface area contributed by atoms with Gasteiger partial charge in [-0.1, -0.05) is 0 Å². The molecule has 2 saturated heterocycles. The van der Waals surface area contributed by atoms with Crippen molar-refractivity contribution < 1.29 is 4.74 Å². The minimum Gasteiger partial charge on any atom is -0.378 e. The molecule has 2 aliphatic rings. The zero-order valence-electron chi connectivity index (χ0n) is 11.9. The van der Waals surface area contributed by atoms with Crippen LogP contribution in [-0.4, -0.2) is 61.9 Å². The minimum absolute atomic E-state index is 0. The molecule has 3 heterocycles. The number of hydrogen-bond acceptors (Lipinski definition) is 6. The number of aromatic nitrogens is 1. The molecule has 1 aromatic heterocycles. The van der Waals surface area contributed by atoms with Crippen molar-refractivity contribution in [2.75, 3.05) is 50.8 Å². The molecule has 0 radical (unpaired) electrons. The van der Waals surface area contributed by atoms with E-state index in [1.54, 1.807) is 0 Å². The zero-order chi connectivity index (χ0) is 13.1. The van der Waals surface area contributed by atoms with Crippen LogP contribution in [0.1, 0.15) is 11.8 Å². The van der Waals surface area contributed by atoms with Gasteiger partial charge in [0.15, 0.2) is 5.13 Å². The van der Waals surface area contributed by atoms with E-state index in [2.05, 4.69) is 27.0 Å². The van der Waals surface area contributed by atoms with Crippen LogP contribution >= 0.6 is 23.7 Å². The molecular weight excluding hydrogens is 296 g/mol. The summed E-state index contributed by atoms with van der Waals surface area (Å²) in [5.74, 6) is 0. The fraction of sp³-hybridized carbons (Fsp3) is 0.769. The van der Waals surface area contributed by atoms with E-state index in [9.17, 15) is 0 Å². The number of nitrogens with one attached hydrogen (secondary N) is 1. The van der Waals surface area contributed by atoms with Gasteiger partial charge in [-0.25, -0.2) is 4.98 Å². The zero-order valence-corrected chi connectivity index (χ0v) is 13.5. The number of nitrogens with zero attached hydrogens (tertiary/aromatic N) is 3. The Kier molecular flexibility index (Phi) is 6.04. The summed E-state index contributed by atoms with van der Waals surface area (Å²) in [7, 11) is 0. The molecule has 1 unspecified atom stereocenters. The molecule has 1 atom stereocenters. The first kappa shape index (κ1) is 16.0. The lowest BCUT2D eigenvalue weighted by atomic mass is 10.2. The van der Waals surface area contributed by atoms with Crippen LogP contribution in [-0.2, 0) is 11.3 Å². The molecule has 1 N–H and O–H groups in total. The van der Waals surface area contributed by atoms with Crippen molar-refractivity contribution in [3.05, 3.63) is 11.1 Å². The van der Waals surface area contributed by atoms with E-state index in [-0.39, 0.29) is 12.4 Å². The van der Waals surface area contributed by atoms with Gasteiger partial charge in [-0.3, -0.25) is 4.90 Å². The van der Waals surface area contributed by atoms with Crippen molar-refractivity contribution in [1.29, 1.82) is 0 Å². The molecule has 0 amide bonds. The average molecular weight is 319 g/mol. The normalized spacial score (nSPS) is 24.4. The summed E-state index contributed by atoms with van der Waals surface area (Å²) in [6.45, 7) is 10.2. The minimum atomic E-state index is 0. The van der Waals surface area contributed by atoms with E-state index in [4.69, 9.17) is 4.74 Å². The molecule has 20 heavy (non-hydrogen) atoms. The Hall–Kier alpha value is -0.400. The van der Waals surface area contributed by atoms with E-state index in [1.165, 1.54) is 4.88 Å². The number of rotatable bonds is 3. The first-order valence-corrected chi connectivity index (χ1v) is 7.86. The summed E-state index contributed by atoms with van der Waals surface area (Å²) < 4.78 is 5.38. The molecule has 0 spiro atoms. The summed E-state index contributed by atoms with van der Waals surface area (Å²) in [5.41, 5.74) is 0. The van der Waals surface area contributed by atoms with Crippen molar-refractivity contribution in [3.63, 3.8) is 0 Å². The first-order valence-electron chi connectivity index (χ1n) is 7.04. The van der Waals surface area contributed by atoms with Crippen molar-refractivity contribution >= 4 is 28.9 Å². The Balaban J connectivity index is 0.00000147. The lowest BCUT2D eigenvalue weighted by Gasteiger charge is -2.31. The van der Waals surface area contributed by atoms with E-state index >= 15 is 0 Å². The Morgan fingerprint density at radius 3 is 2.95 bits per heavy atom. The van der Waals surface area contributed by atoms with Gasteiger partial charge < -0.3 is 15.0 Å². The summed E-state index contributed by atoms with van der Waals surface area (Å²) in [4.78, 5) is 10.8. The van der Waals surface area contributed by atoms with E-state index in [0.717, 1.165) is 57.6 Å². The van der Waals surface area contributed by atoms with Crippen LogP contribution in [0.25, 0.3) is 0 Å². The molecule has 0 aliphatic carbocycles. The molecule has 5 nitrogen and oxygen atoms in total. The highest BCUT2D eigenvalue weighted by Gasteiger charge is 2.18. The molecule has 3 rings (SSSR count). The largest absolute Gasteiger partial charge is 0.378 e. The van der Waals surface area contributed by atoms with Gasteiger partial charge in [0.25, 0.3) is 0 Å². The smallest absolute Gasteiger partial charge is 0.185 e. The maximum atomic E-state index is 5.38. The van der Waals surface area contributed by atoms with Crippen molar-refractivity contribution in [2.45, 2.75) is 19.5 Å². The monoisotopic (exact) mass is 318 g/mol. The molecular formula is C13H23ClN4OS. The molecule has 0 aromatic carbocycles. The number of halogens is 1. The molecule has 114 valence electrons. The molecule has 1 aromatic rings. The Morgan fingerprint density at radius 2 is 2.20 bits per heavy atom. The summed E-state index contributed by atoms with van der Waals surface area (Å²) in [5, 5.41) is 4.63. The maximum absolute atomic E-state index is 5.38. The molecule has 2 fully saturated rings. The maximum Gasteiger partial charge on any atom is 0.185 e. The lowest BCUT2D eigenvalue weighted by Crippen LogP contribution is -2.48. The van der Waals surface area contributed by atoms with Gasteiger partial charge in [-0.15, -0.1) is 23.7 Å². The van der Waals surface area contributed by atoms with Crippen LogP contribution in [0, 0.1) is 0 Å². The quantitative estimate of drug-likeness (QED) is 0.907. The second kappa shape index (κ2) is 7.56. The van der Waals surface area contributed by atoms with Gasteiger partial charge in [-0.2, -0.15) is 0 Å². The average Bonchev–Trinajstić information content (AvgIpc) is 2.88. The van der Waals surface area contributed by atoms with Gasteiger partial charge in [0.05, 0.1) is 13.2 Å². The van der Waals surface area contributed by atoms with Crippen LogP contribution in [0.5, 0.6) is 0 Å². The predicted molar refractivity (Wildman–Crippen MR) is 85.1 cm³/mol. The van der Waals surface area contributed by atoms with Gasteiger partial charge in [0.1, 0.15) is 0 Å². The number of ether oxygens (including phenoxy) is 1. The van der Waals surface area contributed by atoms with E-state index < -0.39 is 0 Å². The Bertz CT molecular complexity index is 411. The van der Waals surface area contributed by atoms with Crippen LogP contribution in [0.3, 0.4) is 0 Å². The first-order chi connectivity index (χ1) is 9.31. The van der Waals surface area contributed by atoms with Crippen LogP contribution < -0.4 is 10.2 Å². The second-order valence-electron chi connectivity index (χ2n) is 5.30. The van der Waals surface area contributed by atoms with Gasteiger partial charge in [0, 0.05) is 56.4 Å². The molecule has 7 heteroatoms. The van der Waals surface area contributed by atoms with Gasteiger partial charge in [0.2, 0.25) is 0 Å². The lowest BCUT2D eigenvalue weighted by molar-refractivity contribution is 0.122. The third-order valence-corrected chi connectivity index (χ3v) is 4.70. The number of piperazine rings is 1. The second-order valence-corrected chi connectivity index (χ2v) is 6.39. The topological polar surface area (TPSA) is 40.6 Å². The third kappa shape index (κ3) is 4.05. The van der Waals surface area contributed by atoms with Gasteiger partial charge >= 0.3 is 0 Å². The van der Waals surface area contributed by atoms with Crippen LogP contribution in [0.4, 0.5) is 5.13 Å². The van der Waals surface area contributed by atoms with Crippen molar-refractivity contribution in [1.82, 2.24) is 15.2 Å². The highest BCUT2D eigenvalue weighted by molar-refractivity contribution is 7.15. The van der Waals surface area contributed by atoms with Crippen LogP contribution in [0.2, 0.25) is 0 Å². The summed E-state index contributed by atoms with van der Waals surface area (Å²) >= 11 is 1.83. The fourth-order valence-corrected chi connectivity index (χ4v) is 3.65. The van der Waals surface area contributed by atoms with Crippen LogP contribution in [0.15, 0.2) is 6.20 Å². The predicted octanol–water partition coefficient (Wildman–Crippen LogP) is 1.20. The molecule has 0 saturated carbocycles. The molecule has 2 aliphatic heterocycles. The highest BCUT2D eigenvalue weighted by Crippen LogP contribution is 2.24. The van der Waals surface area contributed by atoms with Crippen molar-refractivity contribution in [3.8, 4) is 0 Å². The van der Waals surface area contributed by atoms with Crippen molar-refractivity contribution in [2.24, 2.45) is 0 Å². The number of morpholine rings is 1. The SMILES string of the molecule is CC1CN(Cc2cnc(N3CCOCC3)s2)CCN1.Cl. The summed E-state index contributed by atoms with van der Waals surface area (Å²) in [6.07, 6.45) is 2.04. The fourth-order valence-electron chi connectivity index (χ4n) is 2.65. The number of thiazole rings is 1.